The van der Waals surface area contributed by atoms with Crippen molar-refractivity contribution in [2.24, 2.45) is 5.73 Å². The molecule has 1 aromatic carbocycles. The van der Waals surface area contributed by atoms with Crippen molar-refractivity contribution in [3.63, 3.8) is 0 Å². The number of halogens is 1. The average molecular weight is 280 g/mol. The van der Waals surface area contributed by atoms with E-state index in [2.05, 4.69) is 0 Å². The van der Waals surface area contributed by atoms with Crippen molar-refractivity contribution in [3.8, 4) is 0 Å². The second kappa shape index (κ2) is 6.81. The molecule has 0 bridgehead atoms. The standard InChI is InChI=1S/C15H21FN2O2/c1-2-3-13(17)15(19)18-8-9-20-14(10-18)11-4-6-12(16)7-5-11/h4-7,13-14H,2-3,8-10,17H2,1H3/t13-,14?/m0/s1. The van der Waals surface area contributed by atoms with Crippen LogP contribution in [0.5, 0.6) is 0 Å². The molecule has 1 amide bonds. The van der Waals surface area contributed by atoms with Crippen molar-refractivity contribution in [1.29, 1.82) is 0 Å². The Hall–Kier alpha value is -1.46. The third-order valence-corrected chi connectivity index (χ3v) is 3.54. The van der Waals surface area contributed by atoms with Crippen molar-refractivity contribution < 1.29 is 13.9 Å². The second-order valence-electron chi connectivity index (χ2n) is 5.09. The van der Waals surface area contributed by atoms with Crippen LogP contribution in [0.1, 0.15) is 31.4 Å². The molecule has 4 nitrogen and oxygen atoms in total. The van der Waals surface area contributed by atoms with Crippen LogP contribution in [0.4, 0.5) is 4.39 Å². The summed E-state index contributed by atoms with van der Waals surface area (Å²) in [6.07, 6.45) is 1.37. The van der Waals surface area contributed by atoms with Crippen molar-refractivity contribution in [2.75, 3.05) is 19.7 Å². The zero-order valence-electron chi connectivity index (χ0n) is 11.7. The van der Waals surface area contributed by atoms with Gasteiger partial charge in [-0.05, 0) is 24.1 Å². The molecule has 1 aromatic rings. The van der Waals surface area contributed by atoms with Crippen LogP contribution < -0.4 is 5.73 Å². The normalized spacial score (nSPS) is 20.8. The van der Waals surface area contributed by atoms with Crippen LogP contribution in [0.15, 0.2) is 24.3 Å². The molecular formula is C15H21FN2O2. The van der Waals surface area contributed by atoms with Gasteiger partial charge in [-0.25, -0.2) is 4.39 Å². The van der Waals surface area contributed by atoms with E-state index < -0.39 is 6.04 Å². The molecule has 2 rings (SSSR count). The Balaban J connectivity index is 2.01. The third-order valence-electron chi connectivity index (χ3n) is 3.54. The molecular weight excluding hydrogens is 259 g/mol. The number of nitrogens with zero attached hydrogens (tertiary/aromatic N) is 1. The monoisotopic (exact) mass is 280 g/mol. The summed E-state index contributed by atoms with van der Waals surface area (Å²) < 4.78 is 18.6. The van der Waals surface area contributed by atoms with E-state index in [-0.39, 0.29) is 17.8 Å². The predicted octanol–water partition coefficient (Wildman–Crippen LogP) is 1.85. The van der Waals surface area contributed by atoms with Crippen LogP contribution in [-0.2, 0) is 9.53 Å². The average Bonchev–Trinajstić information content (AvgIpc) is 2.47. The highest BCUT2D eigenvalue weighted by Crippen LogP contribution is 2.23. The molecule has 0 aliphatic carbocycles. The number of nitrogens with two attached hydrogens (primary N) is 1. The van der Waals surface area contributed by atoms with Gasteiger partial charge in [0.2, 0.25) is 5.91 Å². The Morgan fingerprint density at radius 2 is 2.20 bits per heavy atom. The Bertz CT molecular complexity index is 450. The molecule has 1 aliphatic rings. The van der Waals surface area contributed by atoms with Gasteiger partial charge in [0.05, 0.1) is 19.2 Å². The van der Waals surface area contributed by atoms with Crippen molar-refractivity contribution in [1.82, 2.24) is 4.90 Å². The quantitative estimate of drug-likeness (QED) is 0.915. The molecule has 0 saturated carbocycles. The number of hydrogen-bond acceptors (Lipinski definition) is 3. The summed E-state index contributed by atoms with van der Waals surface area (Å²) in [6.45, 7) is 3.52. The zero-order valence-corrected chi connectivity index (χ0v) is 11.7. The number of carbonyl (C=O) groups excluding carboxylic acids is 1. The van der Waals surface area contributed by atoms with E-state index in [1.54, 1.807) is 17.0 Å². The lowest BCUT2D eigenvalue weighted by molar-refractivity contribution is -0.140. The number of hydrogen-bond donors (Lipinski definition) is 1. The Morgan fingerprint density at radius 1 is 1.50 bits per heavy atom. The first kappa shape index (κ1) is 14.9. The first-order valence-electron chi connectivity index (χ1n) is 7.03. The molecule has 1 unspecified atom stereocenters. The van der Waals surface area contributed by atoms with Crippen molar-refractivity contribution in [3.05, 3.63) is 35.6 Å². The summed E-state index contributed by atoms with van der Waals surface area (Å²) in [4.78, 5) is 14.0. The third kappa shape index (κ3) is 3.55. The van der Waals surface area contributed by atoms with Crippen LogP contribution in [0.25, 0.3) is 0 Å². The summed E-state index contributed by atoms with van der Waals surface area (Å²) in [6, 6.07) is 5.76. The minimum absolute atomic E-state index is 0.0257. The molecule has 0 spiro atoms. The van der Waals surface area contributed by atoms with Crippen LogP contribution in [0.3, 0.4) is 0 Å². The first-order valence-corrected chi connectivity index (χ1v) is 7.03. The van der Waals surface area contributed by atoms with Crippen LogP contribution in [-0.4, -0.2) is 36.5 Å². The molecule has 0 aromatic heterocycles. The van der Waals surface area contributed by atoms with Gasteiger partial charge >= 0.3 is 0 Å². The Labute approximate surface area is 118 Å². The SMILES string of the molecule is CCC[C@H](N)C(=O)N1CCOC(c2ccc(F)cc2)C1. The molecule has 20 heavy (non-hydrogen) atoms. The maximum absolute atomic E-state index is 12.9. The molecule has 1 aliphatic heterocycles. The Kier molecular flexibility index (Phi) is 5.09. The molecule has 1 heterocycles. The number of rotatable bonds is 4. The highest BCUT2D eigenvalue weighted by atomic mass is 19.1. The van der Waals surface area contributed by atoms with Gasteiger partial charge in [0.15, 0.2) is 0 Å². The molecule has 2 atom stereocenters. The lowest BCUT2D eigenvalue weighted by Crippen LogP contribution is -2.49. The maximum Gasteiger partial charge on any atom is 0.239 e. The van der Waals surface area contributed by atoms with E-state index >= 15 is 0 Å². The molecule has 5 heteroatoms. The van der Waals surface area contributed by atoms with Gasteiger partial charge in [-0.2, -0.15) is 0 Å². The molecule has 110 valence electrons. The lowest BCUT2D eigenvalue weighted by atomic mass is 10.1. The minimum atomic E-state index is -0.438. The fraction of sp³-hybridized carbons (Fsp3) is 0.533. The highest BCUT2D eigenvalue weighted by Gasteiger charge is 2.27. The fourth-order valence-electron chi connectivity index (χ4n) is 2.40. The fourth-order valence-corrected chi connectivity index (χ4v) is 2.40. The maximum atomic E-state index is 12.9. The minimum Gasteiger partial charge on any atom is -0.370 e. The van der Waals surface area contributed by atoms with Crippen LogP contribution in [0.2, 0.25) is 0 Å². The van der Waals surface area contributed by atoms with E-state index in [4.69, 9.17) is 10.5 Å². The van der Waals surface area contributed by atoms with Gasteiger partial charge in [0.1, 0.15) is 11.9 Å². The van der Waals surface area contributed by atoms with Gasteiger partial charge in [0.25, 0.3) is 0 Å². The van der Waals surface area contributed by atoms with Gasteiger partial charge in [-0.15, -0.1) is 0 Å². The molecule has 1 saturated heterocycles. The molecule has 0 radical (unpaired) electrons. The molecule has 2 N–H and O–H groups in total. The number of morpholine rings is 1. The number of ether oxygens (including phenoxy) is 1. The summed E-state index contributed by atoms with van der Waals surface area (Å²) in [5, 5.41) is 0. The summed E-state index contributed by atoms with van der Waals surface area (Å²) in [5.74, 6) is -0.301. The first-order chi connectivity index (χ1) is 9.61. The number of benzene rings is 1. The van der Waals surface area contributed by atoms with Gasteiger partial charge < -0.3 is 15.4 Å². The van der Waals surface area contributed by atoms with E-state index in [0.717, 1.165) is 12.0 Å². The largest absolute Gasteiger partial charge is 0.370 e. The lowest BCUT2D eigenvalue weighted by Gasteiger charge is -2.34. The van der Waals surface area contributed by atoms with Crippen molar-refractivity contribution in [2.45, 2.75) is 31.9 Å². The second-order valence-corrected chi connectivity index (χ2v) is 5.09. The van der Waals surface area contributed by atoms with Gasteiger partial charge in [0, 0.05) is 6.54 Å². The van der Waals surface area contributed by atoms with E-state index in [1.165, 1.54) is 12.1 Å². The smallest absolute Gasteiger partial charge is 0.239 e. The number of amides is 1. The Morgan fingerprint density at radius 3 is 2.85 bits per heavy atom. The van der Waals surface area contributed by atoms with Crippen LogP contribution in [0, 0.1) is 5.82 Å². The topological polar surface area (TPSA) is 55.6 Å². The predicted molar refractivity (Wildman–Crippen MR) is 74.6 cm³/mol. The molecule has 1 fully saturated rings. The summed E-state index contributed by atoms with van der Waals surface area (Å²) in [7, 11) is 0. The van der Waals surface area contributed by atoms with E-state index in [1.807, 2.05) is 6.92 Å². The zero-order chi connectivity index (χ0) is 14.5. The summed E-state index contributed by atoms with van der Waals surface area (Å²) in [5.41, 5.74) is 6.76. The van der Waals surface area contributed by atoms with Crippen LogP contribution >= 0.6 is 0 Å². The van der Waals surface area contributed by atoms with Gasteiger partial charge in [-0.1, -0.05) is 25.5 Å². The highest BCUT2D eigenvalue weighted by molar-refractivity contribution is 5.81. The van der Waals surface area contributed by atoms with E-state index in [9.17, 15) is 9.18 Å². The summed E-state index contributed by atoms with van der Waals surface area (Å²) >= 11 is 0. The number of carbonyl (C=O) groups is 1. The van der Waals surface area contributed by atoms with Crippen molar-refractivity contribution >= 4 is 5.91 Å². The van der Waals surface area contributed by atoms with Gasteiger partial charge in [-0.3, -0.25) is 4.79 Å². The van der Waals surface area contributed by atoms with E-state index in [0.29, 0.717) is 26.1 Å².